The van der Waals surface area contributed by atoms with Crippen LogP contribution < -0.4 is 32.3 Å². The van der Waals surface area contributed by atoms with Crippen LogP contribution in [0.1, 0.15) is 77.0 Å². The van der Waals surface area contributed by atoms with E-state index in [4.69, 9.17) is 32.7 Å². The SMILES string of the molecule is COC(=O)C(O)CS.COC(=O)C(O)CSCC(=O)NCCCCCC(=O)Nc1cccc(-c2ccccc2)c1.COC(=O)C1CO1.NCCCCCC(=O)Nc1cccc(-c2ccccc2)c1.O=C(CSCC(O)C(=O)O)NCCCCCC(=O)Nc1cccc(-c2ccccc2)c1.O=C(Cl)CBr. The first-order valence-electron chi connectivity index (χ1n) is 33.3. The van der Waals surface area contributed by atoms with Crippen LogP contribution in [0.4, 0.5) is 17.1 Å². The number of carboxylic acid groups (broad SMARTS) is 1. The number of aliphatic hydroxyl groups excluding tert-OH is 3. The monoisotopic (exact) mass is 1580 g/mol. The highest BCUT2D eigenvalue weighted by atomic mass is 79.9. The Balaban J connectivity index is 0.000000472. The number of nitrogens with two attached hydrogens (primary N) is 1. The van der Waals surface area contributed by atoms with E-state index < -0.39 is 36.2 Å². The molecule has 0 aromatic heterocycles. The molecule has 0 saturated carbocycles. The third-order valence-corrected chi connectivity index (χ3v) is 17.3. The average Bonchev–Trinajstić information content (AvgIpc) is 1.27. The molecular weight excluding hydrogens is 1480 g/mol. The number of hydrogen-bond acceptors (Lipinski definition) is 21. The Hall–Kier alpha value is -8.16. The highest BCUT2D eigenvalue weighted by Crippen LogP contribution is 2.26. The Bertz CT molecular complexity index is 3500. The smallest absolute Gasteiger partial charge is 0.337 e. The zero-order valence-electron chi connectivity index (χ0n) is 58.6. The molecule has 1 fully saturated rings. The molecule has 1 aliphatic heterocycles. The van der Waals surface area contributed by atoms with Crippen molar-refractivity contribution in [1.29, 1.82) is 0 Å². The van der Waals surface area contributed by atoms with Crippen molar-refractivity contribution >= 4 is 139 Å². The molecule has 6 aromatic carbocycles. The van der Waals surface area contributed by atoms with Gasteiger partial charge < -0.3 is 71.7 Å². The van der Waals surface area contributed by atoms with Crippen LogP contribution in [0.25, 0.3) is 33.4 Å². The summed E-state index contributed by atoms with van der Waals surface area (Å²) < 4.78 is 17.5. The number of carbonyl (C=O) groups excluding carboxylic acids is 9. The van der Waals surface area contributed by atoms with Crippen molar-refractivity contribution in [1.82, 2.24) is 10.6 Å². The second kappa shape index (κ2) is 57.2. The number of aliphatic hydroxyl groups is 3. The van der Waals surface area contributed by atoms with E-state index in [0.29, 0.717) is 45.5 Å². The average molecular weight is 1580 g/mol. The number of carboxylic acids is 1. The maximum atomic E-state index is 12.2. The van der Waals surface area contributed by atoms with Crippen LogP contribution in [0, 0.1) is 0 Å². The van der Waals surface area contributed by atoms with Gasteiger partial charge in [0.05, 0.1) is 44.8 Å². The number of unbranched alkanes of at least 4 members (excludes halogenated alkanes) is 6. The van der Waals surface area contributed by atoms with Crippen molar-refractivity contribution in [2.75, 3.05) is 97.6 Å². The van der Waals surface area contributed by atoms with Crippen LogP contribution in [-0.2, 0) is 66.9 Å². The second-order valence-electron chi connectivity index (χ2n) is 22.4. The fourth-order valence-electron chi connectivity index (χ4n) is 8.56. The van der Waals surface area contributed by atoms with Crippen molar-refractivity contribution in [2.45, 2.75) is 101 Å². The van der Waals surface area contributed by atoms with E-state index in [9.17, 15) is 53.1 Å². The normalized spacial score (nSPS) is 12.2. The molecule has 24 nitrogen and oxygen atoms in total. The van der Waals surface area contributed by atoms with Gasteiger partial charge in [0.2, 0.25) is 34.8 Å². The van der Waals surface area contributed by atoms with Crippen LogP contribution in [0.3, 0.4) is 0 Å². The Morgan fingerprint density at radius 2 is 0.837 bits per heavy atom. The molecule has 0 aliphatic carbocycles. The predicted octanol–water partition coefficient (Wildman–Crippen LogP) is 10.3. The minimum atomic E-state index is -1.45. The maximum absolute atomic E-state index is 12.2. The number of epoxide rings is 1. The molecular formula is C75H96BrClN6O18S3. The lowest BCUT2D eigenvalue weighted by Gasteiger charge is -2.09. The molecule has 29 heteroatoms. The number of alkyl halides is 1. The second-order valence-corrected chi connectivity index (χ2v) is 25.8. The van der Waals surface area contributed by atoms with Crippen LogP contribution in [-0.4, -0.2) is 185 Å². The molecule has 566 valence electrons. The van der Waals surface area contributed by atoms with Crippen LogP contribution >= 0.6 is 63.7 Å². The molecule has 6 aromatic rings. The van der Waals surface area contributed by atoms with Crippen LogP contribution in [0.15, 0.2) is 164 Å². The molecule has 5 amide bonds. The number of thiol groups is 1. The number of amides is 5. The molecule has 4 unspecified atom stereocenters. The number of halogens is 2. The number of anilines is 3. The molecule has 0 radical (unpaired) electrons. The van der Waals surface area contributed by atoms with Gasteiger partial charge in [0.25, 0.3) is 0 Å². The number of thioether (sulfide) groups is 2. The number of benzene rings is 6. The molecule has 0 bridgehead atoms. The van der Waals surface area contributed by atoms with Gasteiger partial charge in [-0.25, -0.2) is 19.2 Å². The summed E-state index contributed by atoms with van der Waals surface area (Å²) in [5.74, 6) is -2.77. The van der Waals surface area contributed by atoms with Gasteiger partial charge in [0.1, 0.15) is 0 Å². The maximum Gasteiger partial charge on any atom is 0.337 e. The number of carbonyl (C=O) groups is 10. The van der Waals surface area contributed by atoms with Gasteiger partial charge in [-0.05, 0) is 126 Å². The number of esters is 3. The van der Waals surface area contributed by atoms with Crippen molar-refractivity contribution in [3.05, 3.63) is 164 Å². The topological polar surface area (TPSA) is 378 Å². The molecule has 104 heavy (non-hydrogen) atoms. The third kappa shape index (κ3) is 44.5. The molecule has 0 spiro atoms. The third-order valence-electron chi connectivity index (χ3n) is 14.0. The van der Waals surface area contributed by atoms with E-state index in [-0.39, 0.29) is 80.9 Å². The predicted molar refractivity (Wildman–Crippen MR) is 417 cm³/mol. The summed E-state index contributed by atoms with van der Waals surface area (Å²) in [6.45, 7) is 2.26. The highest BCUT2D eigenvalue weighted by Gasteiger charge is 2.32. The Labute approximate surface area is 635 Å². The number of aliphatic carboxylic acids is 1. The quantitative estimate of drug-likeness (QED) is 0.00328. The molecule has 1 saturated heterocycles. The van der Waals surface area contributed by atoms with E-state index in [2.05, 4.69) is 86.2 Å². The van der Waals surface area contributed by atoms with Crippen molar-refractivity contribution < 1.29 is 87.3 Å². The lowest BCUT2D eigenvalue weighted by atomic mass is 10.1. The van der Waals surface area contributed by atoms with Crippen molar-refractivity contribution in [3.63, 3.8) is 0 Å². The summed E-state index contributed by atoms with van der Waals surface area (Å²) in [6.07, 6.45) is 4.89. The first-order chi connectivity index (χ1) is 50.1. The summed E-state index contributed by atoms with van der Waals surface area (Å²) in [6, 6.07) is 53.6. The zero-order chi connectivity index (χ0) is 76.7. The molecule has 1 heterocycles. The number of nitrogens with one attached hydrogen (secondary N) is 5. The molecule has 1 aliphatic rings. The number of rotatable bonds is 37. The number of hydrogen-bond donors (Lipinski definition) is 11. The van der Waals surface area contributed by atoms with Gasteiger partial charge in [-0.1, -0.05) is 163 Å². The summed E-state index contributed by atoms with van der Waals surface area (Å²) in [4.78, 5) is 111. The van der Waals surface area contributed by atoms with E-state index in [0.717, 1.165) is 120 Å². The Morgan fingerprint density at radius 3 is 1.12 bits per heavy atom. The van der Waals surface area contributed by atoms with Crippen molar-refractivity contribution in [2.24, 2.45) is 5.73 Å². The lowest BCUT2D eigenvalue weighted by molar-refractivity contribution is -0.149. The summed E-state index contributed by atoms with van der Waals surface area (Å²) >= 11 is 13.5. The first kappa shape index (κ1) is 91.9. The fraction of sp³-hybridized carbons (Fsp3) is 0.387. The summed E-state index contributed by atoms with van der Waals surface area (Å²) in [5.41, 5.74) is 14.4. The molecule has 11 N–H and O–H groups in total. The summed E-state index contributed by atoms with van der Waals surface area (Å²) in [5, 5.41) is 50.0. The van der Waals surface area contributed by atoms with Crippen LogP contribution in [0.5, 0.6) is 0 Å². The summed E-state index contributed by atoms with van der Waals surface area (Å²) in [7, 11) is 3.77. The fourth-order valence-corrected chi connectivity index (χ4v) is 10.2. The van der Waals surface area contributed by atoms with Gasteiger partial charge in [0, 0.05) is 66.7 Å². The Kier molecular flexibility index (Phi) is 50.6. The highest BCUT2D eigenvalue weighted by molar-refractivity contribution is 9.09. The van der Waals surface area contributed by atoms with Gasteiger partial charge in [-0.3, -0.25) is 28.8 Å². The van der Waals surface area contributed by atoms with E-state index in [1.165, 1.54) is 33.1 Å². The first-order valence-corrected chi connectivity index (χ1v) is 37.7. The minimum Gasteiger partial charge on any atom is -0.479 e. The van der Waals surface area contributed by atoms with E-state index in [1.54, 1.807) is 0 Å². The van der Waals surface area contributed by atoms with Crippen molar-refractivity contribution in [3.8, 4) is 33.4 Å². The largest absolute Gasteiger partial charge is 0.479 e. The number of methoxy groups -OCH3 is 3. The Morgan fingerprint density at radius 1 is 0.500 bits per heavy atom. The van der Waals surface area contributed by atoms with Gasteiger partial charge in [-0.15, -0.1) is 23.5 Å². The van der Waals surface area contributed by atoms with Gasteiger partial charge in [-0.2, -0.15) is 12.6 Å². The van der Waals surface area contributed by atoms with Gasteiger partial charge in [0.15, 0.2) is 24.4 Å². The molecule has 7 rings (SSSR count). The standard InChI is InChI=1S/C24H30N2O5S.C23H28N2O5S.C18H22N2O.C4H8O3S.C4H6O3.C2H2BrClO/c1-31-24(30)21(27)16-32-17-23(29)25-14-7-3-6-13-22(28)26-20-12-8-11-19(15-20)18-9-4-2-5-10-18;26-20(23(29)30)15-31-16-22(28)24-13-6-2-5-12-21(27)25-19-11-7-10-18(14-19)17-8-3-1-4-9-17;19-13-6-2-5-12-18(21)20-17-11-7-10-16(14-17)15-8-3-1-4-9-15;1-7-4(6)3(5)2-8;1-6-4(5)3-2-7-3;3-1-2(4)5/h2,4-5,8-12,15,21,27H,3,6-7,13-14,16-17H2,1H3,(H,25,29)(H,26,28);1,3-4,7-11,14,20,26H,2,5-6,12-13,15-16H2,(H,24,28)(H,25,27)(H,29,30);1,3-4,7-11,14H,2,5-6,12-13,19H2,(H,20,21);3,5,8H,2H2,1H3;3H,2H2,1H3;1H2. The minimum absolute atomic E-state index is 0.0217. The lowest BCUT2D eigenvalue weighted by Crippen LogP contribution is -2.28. The van der Waals surface area contributed by atoms with E-state index in [1.807, 2.05) is 152 Å². The zero-order valence-corrected chi connectivity index (χ0v) is 63.4. The number of ether oxygens (including phenoxy) is 4. The van der Waals surface area contributed by atoms with Crippen LogP contribution in [0.2, 0.25) is 0 Å². The van der Waals surface area contributed by atoms with Gasteiger partial charge >= 0.3 is 23.9 Å². The molecule has 4 atom stereocenters. The van der Waals surface area contributed by atoms with E-state index >= 15 is 0 Å².